The number of nitrogens with two attached hydrogens (primary N) is 1. The number of nitrogens with one attached hydrogen (secondary N) is 3. The van der Waals surface area contributed by atoms with E-state index in [9.17, 15) is 95.4 Å². The number of carboxylic acids is 1. The van der Waals surface area contributed by atoms with Gasteiger partial charge in [-0.05, 0) is 109 Å². The van der Waals surface area contributed by atoms with Crippen LogP contribution >= 0.6 is 46.9 Å². The Morgan fingerprint density at radius 2 is 1.24 bits per heavy atom. The second kappa shape index (κ2) is 48.4. The summed E-state index contributed by atoms with van der Waals surface area (Å²) in [5.41, 5.74) is 6.73. The zero-order chi connectivity index (χ0) is 86.3. The molecule has 0 saturated carbocycles. The quantitative estimate of drug-likeness (QED) is 0.00282. The number of hydrogen-bond donors (Lipinski definition) is 7. The molecular formula is C68H77N6Na2O37P6-7. The fourth-order valence-electron chi connectivity index (χ4n) is 11.2. The number of Topliss-reactive ketones (excluding diaryl/α,β-unsaturated/α-hetero) is 1. The molecule has 0 bridgehead atoms. The van der Waals surface area contributed by atoms with Crippen LogP contribution in [0.4, 0.5) is 4.79 Å². The third kappa shape index (κ3) is 33.5. The number of fused-ring (bicyclic) bond motifs is 2. The molecule has 3 aromatic carbocycles. The molecule has 0 radical (unpaired) electrons. The van der Waals surface area contributed by atoms with Gasteiger partial charge in [-0.25, -0.2) is 36.9 Å². The first-order valence-electron chi connectivity index (χ1n) is 33.8. The van der Waals surface area contributed by atoms with E-state index in [1.807, 2.05) is 50.0 Å². The number of nitrogens with zero attached hydrogens (tertiary/aromatic N) is 2. The molecule has 2 saturated heterocycles. The van der Waals surface area contributed by atoms with E-state index in [0.717, 1.165) is 69.2 Å². The number of benzene rings is 3. The maximum absolute atomic E-state index is 13.7. The van der Waals surface area contributed by atoms with E-state index in [2.05, 4.69) is 97.9 Å². The van der Waals surface area contributed by atoms with Crippen LogP contribution in [0, 0.1) is 45.0 Å². The van der Waals surface area contributed by atoms with Gasteiger partial charge in [0, 0.05) is 59.1 Å². The van der Waals surface area contributed by atoms with Crippen molar-refractivity contribution < 1.29 is 215 Å². The van der Waals surface area contributed by atoms with Gasteiger partial charge >= 0.3 is 76.6 Å². The molecule has 640 valence electrons. The van der Waals surface area contributed by atoms with E-state index in [4.69, 9.17) is 54.0 Å². The molecule has 2 aromatic heterocycles. The third-order valence-electron chi connectivity index (χ3n) is 16.0. The summed E-state index contributed by atoms with van der Waals surface area (Å²) in [5, 5.41) is 23.7. The number of aryl methyl sites for hydroxylation is 3. The third-order valence-corrected chi connectivity index (χ3v) is 23.3. The molecule has 5 heterocycles. The minimum Gasteiger partial charge on any atom is -0.756 e. The Morgan fingerprint density at radius 1 is 0.723 bits per heavy atom. The number of carbonyl (C=O) groups excluding carboxylic acids is 4. The number of ether oxygens (including phenoxy) is 6. The van der Waals surface area contributed by atoms with E-state index in [0.29, 0.717) is 51.8 Å². The number of phosphoric ester groups is 2. The number of carbonyl (C=O) groups is 3. The van der Waals surface area contributed by atoms with Crippen LogP contribution in [0.3, 0.4) is 0 Å². The molecular weight excluding hydrogens is 1720 g/mol. The number of phosphoric acid groups is 6. The number of aromatic nitrogens is 4. The molecule has 2 fully saturated rings. The van der Waals surface area contributed by atoms with Gasteiger partial charge in [0.2, 0.25) is 0 Å². The molecule has 43 nitrogen and oxygen atoms in total. The molecule has 0 aliphatic carbocycles. The molecule has 5 aromatic rings. The molecule has 8 N–H and O–H groups in total. The van der Waals surface area contributed by atoms with Crippen molar-refractivity contribution in [3.05, 3.63) is 202 Å². The van der Waals surface area contributed by atoms with Crippen molar-refractivity contribution in [2.75, 3.05) is 46.1 Å². The number of H-pyrrole nitrogens is 2. The van der Waals surface area contributed by atoms with Crippen molar-refractivity contribution in [3.8, 4) is 35.2 Å². The summed E-state index contributed by atoms with van der Waals surface area (Å²) in [4.78, 5) is 189. The minimum absolute atomic E-state index is 0. The Hall–Kier alpha value is -6.64. The molecule has 119 heavy (non-hydrogen) atoms. The second-order valence-electron chi connectivity index (χ2n) is 24.4. The van der Waals surface area contributed by atoms with Crippen LogP contribution in [0.1, 0.15) is 131 Å². The number of rotatable bonds is 36. The Labute approximate surface area is 721 Å². The average molecular weight is 1800 g/mol. The topological polar surface area (TPSA) is 661 Å². The zero-order valence-electron chi connectivity index (χ0n) is 64.5. The minimum atomic E-state index is -6.18. The van der Waals surface area contributed by atoms with Crippen LogP contribution in [0.15, 0.2) is 111 Å². The molecule has 1 amide bonds. The first-order valence-corrected chi connectivity index (χ1v) is 42.6. The van der Waals surface area contributed by atoms with Gasteiger partial charge in [-0.2, -0.15) is 0 Å². The molecule has 3 aliphatic heterocycles. The maximum atomic E-state index is 13.7. The van der Waals surface area contributed by atoms with Crippen LogP contribution in [0.25, 0.3) is 11.6 Å². The standard InChI is InChI=1S/C51H58N3O20P3.C15H22N3O14P3.CHO3.CH3.2Na/c1-7-12-33-24-42-39(21-31(33)5)47(40-22-32(6)34(13-8-2)25-43(40)71-42)38-23-35(17-18-37(38)49(57)58)41(55)16-10-14-30(4)28-69-51(60)52-19-11-15-36-27-54(50(59)53-48(36)56)46-26-44(68-20-9-3)45(72-46)29-70-76(64,65)74-77(66,67)73-75(61,62)63;1-2-6-28-11-7-13(18-8-10(4-3-5-16)14(19)17-15(18)20)30-12(11)9-29-34(24,25)32-35(26,27)31-33(21,22)23;2-1-4-3;;;/h9,12,17-18,21-25,27,44-46H,3-4,7-8,10,13-14,16,19-20,26,28-29H2,1-2,5-6H3,(H,52,60)(H,57,58)(H,64,65)(H,66,67)(H,53,56,59)(H2,61,62,63);2,8,11-13H,1,5-7,9,16H2,(H,24,25)(H,26,27)(H,17,19,20)(H2,21,22,23);3H;1H3;;/q;;2*-1;2*+1/p-7/b33-12-;;;;;/t44?,45-,46-;11?,12-,13-;;;;/m11..../s1. The monoisotopic (exact) mass is 1800 g/mol. The van der Waals surface area contributed by atoms with Crippen LogP contribution in [0.5, 0.6) is 11.5 Å². The summed E-state index contributed by atoms with van der Waals surface area (Å²) in [6.07, 6.45) is 2.05. The predicted molar refractivity (Wildman–Crippen MR) is 394 cm³/mol. The van der Waals surface area contributed by atoms with Gasteiger partial charge in [0.15, 0.2) is 5.78 Å². The number of carboxylic acid groups (broad SMARTS) is 1. The molecule has 8 rings (SSSR count). The Kier molecular flexibility index (Phi) is 43.4. The van der Waals surface area contributed by atoms with E-state index < -0.39 is 132 Å². The number of aromatic amines is 2. The first kappa shape index (κ1) is 107. The van der Waals surface area contributed by atoms with Crippen LogP contribution < -0.4 is 142 Å². The molecule has 12 atom stereocenters. The van der Waals surface area contributed by atoms with E-state index in [-0.39, 0.29) is 147 Å². The van der Waals surface area contributed by atoms with Gasteiger partial charge in [0.05, 0.1) is 57.7 Å². The zero-order valence-corrected chi connectivity index (χ0v) is 73.9. The molecule has 51 heteroatoms. The largest absolute Gasteiger partial charge is 1.00 e. The SMILES string of the molecule is C=CCOC1C[C@H](n2cc(C#CCN)c(=O)[nH]c2=O)O[C@@H]1COP(=O)([O-])OP(=O)([O-])OP(=O)([O-])O.C=CCOC1C[C@H](n2cc(C#CCNC(=O)OCC(=C)CCCC(=O)c3ccc(C(=O)[O-])c(C4=c5cc(C)/c(=C\CC)cc5Oc5cc(CCC)c(C)cc54)c3)c(=O)[nH]c2=O)O[C@@H]1COP(=O)([O-])OP(=O)([O-])OP(=O)([O-])O.O=[C-]OO.[CH3-].[Na+].[Na+]. The van der Waals surface area contributed by atoms with Crippen molar-refractivity contribution in [2.45, 2.75) is 116 Å². The van der Waals surface area contributed by atoms with Crippen LogP contribution in [0.2, 0.25) is 0 Å². The van der Waals surface area contributed by atoms with Crippen molar-refractivity contribution in [2.24, 2.45) is 5.73 Å². The van der Waals surface area contributed by atoms with Gasteiger partial charge in [-0.3, -0.25) is 60.9 Å². The van der Waals surface area contributed by atoms with Gasteiger partial charge < -0.3 is 115 Å². The summed E-state index contributed by atoms with van der Waals surface area (Å²) in [5.74, 6) is 9.47. The van der Waals surface area contributed by atoms with Gasteiger partial charge in [0.25, 0.3) is 58.1 Å². The Morgan fingerprint density at radius 3 is 1.70 bits per heavy atom. The van der Waals surface area contributed by atoms with E-state index in [1.165, 1.54) is 24.3 Å². The smallest absolute Gasteiger partial charge is 0.756 e. The summed E-state index contributed by atoms with van der Waals surface area (Å²) in [6, 6.07) is 12.3. The molecule has 8 unspecified atom stereocenters. The fourth-order valence-corrected chi connectivity index (χ4v) is 17.0. The van der Waals surface area contributed by atoms with Gasteiger partial charge in [-0.1, -0.05) is 80.9 Å². The normalized spacial score (nSPS) is 19.3. The van der Waals surface area contributed by atoms with Crippen molar-refractivity contribution in [1.82, 2.24) is 24.4 Å². The molecule has 0 spiro atoms. The van der Waals surface area contributed by atoms with Crippen molar-refractivity contribution in [3.63, 3.8) is 0 Å². The number of alkyl carbamates (subject to hydrolysis) is 1. The predicted octanol–water partition coefficient (Wildman–Crippen LogP) is -5.84. The number of amides is 1. The maximum Gasteiger partial charge on any atom is 1.00 e. The Balaban J connectivity index is 0.000000728. The number of ketones is 1. The van der Waals surface area contributed by atoms with Crippen LogP contribution in [-0.4, -0.2) is 129 Å². The Bertz CT molecular complexity index is 5350. The van der Waals surface area contributed by atoms with E-state index >= 15 is 0 Å². The average Bonchev–Trinajstić information content (AvgIpc) is 1.41. The van der Waals surface area contributed by atoms with E-state index in [1.54, 1.807) is 6.07 Å². The summed E-state index contributed by atoms with van der Waals surface area (Å²) < 4.78 is 127. The second-order valence-corrected chi connectivity index (χ2v) is 33.0. The summed E-state index contributed by atoms with van der Waals surface area (Å²) in [7, 11) is -35.8. The summed E-state index contributed by atoms with van der Waals surface area (Å²) in [6.45, 7) is 17.1. The fraction of sp³-hybridized carbons (Fsp3) is 0.368. The van der Waals surface area contributed by atoms with Crippen LogP contribution in [-0.2, 0) is 93.5 Å². The van der Waals surface area contributed by atoms with Gasteiger partial charge in [0.1, 0.15) is 53.9 Å². The molecule has 3 aliphatic rings. The van der Waals surface area contributed by atoms with Crippen molar-refractivity contribution >= 4 is 82.9 Å². The van der Waals surface area contributed by atoms with Crippen molar-refractivity contribution in [1.29, 1.82) is 0 Å². The van der Waals surface area contributed by atoms with Gasteiger partial charge in [-0.15, -0.1) is 13.2 Å². The number of aromatic carboxylic acids is 1. The number of hydrogen-bond acceptors (Lipinski definition) is 36. The summed E-state index contributed by atoms with van der Waals surface area (Å²) >= 11 is 0. The first-order chi connectivity index (χ1) is 54.4.